The van der Waals surface area contributed by atoms with Gasteiger partial charge in [0.1, 0.15) is 5.82 Å². The number of rotatable bonds is 3. The molecule has 1 N–H and O–H groups in total. The van der Waals surface area contributed by atoms with Crippen molar-refractivity contribution < 1.29 is 22.7 Å². The number of alkyl halides is 3. The van der Waals surface area contributed by atoms with Crippen LogP contribution in [0, 0.1) is 11.7 Å². The summed E-state index contributed by atoms with van der Waals surface area (Å²) < 4.78 is 57.1. The molecule has 0 unspecified atom stereocenters. The van der Waals surface area contributed by atoms with Crippen LogP contribution >= 0.6 is 0 Å². The number of pyridine rings is 1. The lowest BCUT2D eigenvalue weighted by Crippen LogP contribution is -2.55. The Morgan fingerprint density at radius 3 is 2.59 bits per heavy atom. The van der Waals surface area contributed by atoms with Crippen LogP contribution in [0.1, 0.15) is 48.9 Å². The van der Waals surface area contributed by atoms with Crippen LogP contribution < -0.4 is 0 Å². The summed E-state index contributed by atoms with van der Waals surface area (Å²) in [6.07, 6.45) is 0.926. The monoisotopic (exact) mass is 509 g/mol. The van der Waals surface area contributed by atoms with E-state index in [2.05, 4.69) is 22.2 Å². The van der Waals surface area contributed by atoms with Crippen LogP contribution in [0.3, 0.4) is 0 Å². The SMILES string of the molecule is O[C@@]1(C(F)(F)F)CC[C@@]2(Cc3ccccn3)c3cc4cnn(-c5ccc(F)cc5)c4cc3CCC[C@@H]2C1. The fraction of sp³-hybridized carbons (Fsp3) is 0.379. The normalized spacial score (nSPS) is 25.9. The van der Waals surface area contributed by atoms with E-state index in [-0.39, 0.29) is 31.0 Å². The molecular formula is C29H27F4N3O. The van der Waals surface area contributed by atoms with E-state index in [0.717, 1.165) is 46.3 Å². The number of nitrogens with zero attached hydrogens (tertiary/aromatic N) is 3. The van der Waals surface area contributed by atoms with Gasteiger partial charge in [0, 0.05) is 22.7 Å². The van der Waals surface area contributed by atoms with Crippen LogP contribution in [0.4, 0.5) is 17.6 Å². The van der Waals surface area contributed by atoms with Gasteiger partial charge in [-0.25, -0.2) is 9.07 Å². The molecule has 0 saturated heterocycles. The summed E-state index contributed by atoms with van der Waals surface area (Å²) in [4.78, 5) is 4.53. The molecule has 0 bridgehead atoms. The molecule has 6 rings (SSSR count). The number of aryl methyl sites for hydroxylation is 1. The molecule has 37 heavy (non-hydrogen) atoms. The molecule has 0 amide bonds. The molecule has 2 aliphatic rings. The summed E-state index contributed by atoms with van der Waals surface area (Å²) >= 11 is 0. The molecular weight excluding hydrogens is 482 g/mol. The van der Waals surface area contributed by atoms with Crippen molar-refractivity contribution >= 4 is 10.9 Å². The summed E-state index contributed by atoms with van der Waals surface area (Å²) in [6, 6.07) is 15.9. The molecule has 192 valence electrons. The minimum absolute atomic E-state index is 0.217. The van der Waals surface area contributed by atoms with Crippen molar-refractivity contribution in [3.8, 4) is 5.69 Å². The van der Waals surface area contributed by atoms with E-state index in [1.807, 2.05) is 18.2 Å². The Balaban J connectivity index is 1.50. The van der Waals surface area contributed by atoms with Gasteiger partial charge in [-0.3, -0.25) is 4.98 Å². The number of aromatic nitrogens is 3. The second-order valence-electron chi connectivity index (χ2n) is 10.6. The Hall–Kier alpha value is -3.26. The minimum atomic E-state index is -4.67. The second-order valence-corrected chi connectivity index (χ2v) is 10.6. The summed E-state index contributed by atoms with van der Waals surface area (Å²) in [5.41, 5.74) is 1.32. The van der Waals surface area contributed by atoms with Gasteiger partial charge in [0.25, 0.3) is 0 Å². The predicted octanol–water partition coefficient (Wildman–Crippen LogP) is 6.47. The van der Waals surface area contributed by atoms with E-state index in [1.165, 1.54) is 12.1 Å². The molecule has 0 spiro atoms. The first-order valence-electron chi connectivity index (χ1n) is 12.6. The van der Waals surface area contributed by atoms with Crippen LogP contribution in [-0.2, 0) is 18.3 Å². The average molecular weight is 510 g/mol. The quantitative estimate of drug-likeness (QED) is 0.322. The van der Waals surface area contributed by atoms with Gasteiger partial charge in [-0.15, -0.1) is 0 Å². The minimum Gasteiger partial charge on any atom is -0.380 e. The molecule has 3 atom stereocenters. The molecule has 4 aromatic rings. The fourth-order valence-corrected chi connectivity index (χ4v) is 6.60. The highest BCUT2D eigenvalue weighted by atomic mass is 19.4. The number of hydrogen-bond donors (Lipinski definition) is 1. The summed E-state index contributed by atoms with van der Waals surface area (Å²) in [5.74, 6) is -0.673. The maximum Gasteiger partial charge on any atom is 0.417 e. The van der Waals surface area contributed by atoms with Crippen molar-refractivity contribution in [1.82, 2.24) is 14.8 Å². The maximum atomic E-state index is 13.9. The van der Waals surface area contributed by atoms with Gasteiger partial charge in [0.15, 0.2) is 5.60 Å². The lowest BCUT2D eigenvalue weighted by Gasteiger charge is -2.50. The van der Waals surface area contributed by atoms with E-state index < -0.39 is 17.2 Å². The third kappa shape index (κ3) is 4.02. The summed E-state index contributed by atoms with van der Waals surface area (Å²) in [6.45, 7) is 0. The molecule has 2 aliphatic carbocycles. The topological polar surface area (TPSA) is 50.9 Å². The van der Waals surface area contributed by atoms with E-state index in [1.54, 1.807) is 29.2 Å². The molecule has 8 heteroatoms. The molecule has 1 saturated carbocycles. The lowest BCUT2D eigenvalue weighted by molar-refractivity contribution is -0.279. The van der Waals surface area contributed by atoms with Gasteiger partial charge in [0.05, 0.1) is 17.4 Å². The molecule has 2 aromatic heterocycles. The van der Waals surface area contributed by atoms with Crippen molar-refractivity contribution in [3.05, 3.63) is 89.6 Å². The number of hydrogen-bond acceptors (Lipinski definition) is 3. The molecule has 2 aromatic carbocycles. The third-order valence-electron chi connectivity index (χ3n) is 8.50. The average Bonchev–Trinajstić information content (AvgIpc) is 3.22. The Kier molecular flexibility index (Phi) is 5.64. The number of halogens is 4. The van der Waals surface area contributed by atoms with Crippen LogP contribution in [0.25, 0.3) is 16.6 Å². The van der Waals surface area contributed by atoms with Gasteiger partial charge in [-0.05, 0) is 111 Å². The molecule has 2 heterocycles. The van der Waals surface area contributed by atoms with Crippen LogP contribution in [0.15, 0.2) is 67.0 Å². The van der Waals surface area contributed by atoms with Crippen molar-refractivity contribution in [3.63, 3.8) is 0 Å². The first kappa shape index (κ1) is 24.1. The fourth-order valence-electron chi connectivity index (χ4n) is 6.60. The number of fused-ring (bicyclic) bond motifs is 4. The zero-order valence-corrected chi connectivity index (χ0v) is 20.2. The van der Waals surface area contributed by atoms with E-state index in [4.69, 9.17) is 0 Å². The lowest BCUT2D eigenvalue weighted by atomic mass is 9.56. The molecule has 0 radical (unpaired) electrons. The van der Waals surface area contributed by atoms with Crippen molar-refractivity contribution in [2.45, 2.75) is 62.1 Å². The maximum absolute atomic E-state index is 13.9. The highest BCUT2D eigenvalue weighted by molar-refractivity contribution is 5.82. The largest absolute Gasteiger partial charge is 0.417 e. The molecule has 4 nitrogen and oxygen atoms in total. The van der Waals surface area contributed by atoms with Crippen molar-refractivity contribution in [1.29, 1.82) is 0 Å². The zero-order chi connectivity index (χ0) is 25.8. The van der Waals surface area contributed by atoms with Crippen LogP contribution in [0.2, 0.25) is 0 Å². The Bertz CT molecular complexity index is 1430. The van der Waals surface area contributed by atoms with E-state index in [0.29, 0.717) is 12.8 Å². The summed E-state index contributed by atoms with van der Waals surface area (Å²) in [7, 11) is 0. The smallest absolute Gasteiger partial charge is 0.380 e. The van der Waals surface area contributed by atoms with E-state index >= 15 is 0 Å². The molecule has 0 aliphatic heterocycles. The number of benzene rings is 2. The highest BCUT2D eigenvalue weighted by Gasteiger charge is 2.61. The third-order valence-corrected chi connectivity index (χ3v) is 8.50. The Morgan fingerprint density at radius 2 is 1.86 bits per heavy atom. The Morgan fingerprint density at radius 1 is 1.05 bits per heavy atom. The second kappa shape index (κ2) is 8.65. The van der Waals surface area contributed by atoms with Crippen molar-refractivity contribution in [2.75, 3.05) is 0 Å². The first-order valence-corrected chi connectivity index (χ1v) is 12.6. The van der Waals surface area contributed by atoms with Gasteiger partial charge in [0.2, 0.25) is 0 Å². The zero-order valence-electron chi connectivity index (χ0n) is 20.2. The van der Waals surface area contributed by atoms with E-state index in [9.17, 15) is 22.7 Å². The molecule has 1 fully saturated rings. The van der Waals surface area contributed by atoms with Crippen LogP contribution in [-0.4, -0.2) is 31.6 Å². The predicted molar refractivity (Wildman–Crippen MR) is 132 cm³/mol. The van der Waals surface area contributed by atoms with Gasteiger partial charge < -0.3 is 5.11 Å². The van der Waals surface area contributed by atoms with Crippen LogP contribution in [0.5, 0.6) is 0 Å². The standard InChI is InChI=1S/C29H27F4N3O/c30-22-7-9-24(10-8-22)36-26-15-19-4-3-5-21-16-28(37,29(31,32)33)12-11-27(21,17-23-6-1-2-13-34-23)25(19)14-20(26)18-35-36/h1-2,6-10,13-15,18,21,37H,3-5,11-12,16-17H2/t21-,27+,28+/m1/s1. The van der Waals surface area contributed by atoms with Gasteiger partial charge in [-0.2, -0.15) is 18.3 Å². The summed E-state index contributed by atoms with van der Waals surface area (Å²) in [5, 5.41) is 16.1. The highest BCUT2D eigenvalue weighted by Crippen LogP contribution is 2.56. The van der Waals surface area contributed by atoms with Gasteiger partial charge >= 0.3 is 6.18 Å². The number of aliphatic hydroxyl groups is 1. The first-order chi connectivity index (χ1) is 17.7. The Labute approximate surface area is 212 Å². The van der Waals surface area contributed by atoms with Gasteiger partial charge in [-0.1, -0.05) is 6.07 Å². The van der Waals surface area contributed by atoms with Crippen molar-refractivity contribution in [2.24, 2.45) is 5.92 Å².